The highest BCUT2D eigenvalue weighted by atomic mass is 16.3. The van der Waals surface area contributed by atoms with Crippen molar-refractivity contribution in [1.82, 2.24) is 0 Å². The number of hydrogen-bond acceptors (Lipinski definition) is 2. The van der Waals surface area contributed by atoms with Crippen LogP contribution in [-0.4, -0.2) is 22.4 Å². The van der Waals surface area contributed by atoms with Crippen molar-refractivity contribution >= 4 is 0 Å². The third kappa shape index (κ3) is 25.9. The van der Waals surface area contributed by atoms with Crippen molar-refractivity contribution in [3.05, 3.63) is 0 Å². The average Bonchev–Trinajstić information content (AvgIpc) is 2.62. The van der Waals surface area contributed by atoms with Gasteiger partial charge in [0.25, 0.3) is 0 Å². The van der Waals surface area contributed by atoms with Gasteiger partial charge in [-0.15, -0.1) is 0 Å². The second kappa shape index (κ2) is 22.2. The van der Waals surface area contributed by atoms with Gasteiger partial charge in [0.1, 0.15) is 0 Å². The third-order valence-corrected chi connectivity index (χ3v) is 5.59. The molecule has 0 unspecified atom stereocenters. The van der Waals surface area contributed by atoms with Crippen LogP contribution in [0.3, 0.4) is 0 Å². The molecule has 0 aromatic carbocycles. The van der Waals surface area contributed by atoms with Gasteiger partial charge in [0, 0.05) is 0 Å². The molecule has 0 heterocycles. The zero-order valence-electron chi connectivity index (χ0n) is 19.8. The summed E-state index contributed by atoms with van der Waals surface area (Å²) in [5.74, 6) is 0.831. The Morgan fingerprint density at radius 2 is 0.778 bits per heavy atom. The van der Waals surface area contributed by atoms with E-state index in [2.05, 4.69) is 20.8 Å². The van der Waals surface area contributed by atoms with E-state index in [4.69, 9.17) is 5.11 Å². The topological polar surface area (TPSA) is 40.5 Å². The highest BCUT2D eigenvalue weighted by Crippen LogP contribution is 2.15. The third-order valence-electron chi connectivity index (χ3n) is 5.59. The lowest BCUT2D eigenvalue weighted by Gasteiger charge is -2.13. The van der Waals surface area contributed by atoms with E-state index < -0.39 is 0 Å². The highest BCUT2D eigenvalue weighted by Gasteiger charge is 2.07. The van der Waals surface area contributed by atoms with Crippen molar-refractivity contribution in [3.63, 3.8) is 0 Å². The molecule has 0 bridgehead atoms. The van der Waals surface area contributed by atoms with Gasteiger partial charge in [-0.1, -0.05) is 125 Å². The summed E-state index contributed by atoms with van der Waals surface area (Å²) in [7, 11) is 0. The van der Waals surface area contributed by atoms with Crippen molar-refractivity contribution in [2.45, 2.75) is 150 Å². The van der Waals surface area contributed by atoms with Crippen molar-refractivity contribution in [2.24, 2.45) is 11.8 Å². The smallest absolute Gasteiger partial charge is 0.0563 e. The first kappa shape index (κ1) is 29.1. The van der Waals surface area contributed by atoms with Crippen molar-refractivity contribution < 1.29 is 10.2 Å². The van der Waals surface area contributed by atoms with E-state index >= 15 is 0 Å². The zero-order valence-corrected chi connectivity index (χ0v) is 19.8. The van der Waals surface area contributed by atoms with Crippen LogP contribution < -0.4 is 0 Å². The summed E-state index contributed by atoms with van der Waals surface area (Å²) in [6.07, 6.45) is 20.4. The minimum atomic E-state index is -0.148. The summed E-state index contributed by atoms with van der Waals surface area (Å²) < 4.78 is 0. The molecule has 27 heavy (non-hydrogen) atoms. The Kier molecular flexibility index (Phi) is 24.0. The van der Waals surface area contributed by atoms with Crippen LogP contribution in [0.4, 0.5) is 0 Å². The first-order valence-electron chi connectivity index (χ1n) is 12.2. The predicted molar refractivity (Wildman–Crippen MR) is 122 cm³/mol. The molecule has 0 spiro atoms. The normalized spacial score (nSPS) is 13.6. The zero-order chi connectivity index (χ0) is 20.9. The number of aliphatic hydroxyl groups is 2. The fraction of sp³-hybridized carbons (Fsp3) is 1.00. The van der Waals surface area contributed by atoms with Crippen LogP contribution in [0.15, 0.2) is 0 Å². The lowest BCUT2D eigenvalue weighted by molar-refractivity contribution is 0.113. The van der Waals surface area contributed by atoms with Gasteiger partial charge in [-0.05, 0) is 25.2 Å². The highest BCUT2D eigenvalue weighted by molar-refractivity contribution is 4.59. The minimum Gasteiger partial charge on any atom is -0.393 e. The van der Waals surface area contributed by atoms with Gasteiger partial charge >= 0.3 is 0 Å². The van der Waals surface area contributed by atoms with Crippen LogP contribution >= 0.6 is 0 Å². The van der Waals surface area contributed by atoms with Crippen LogP contribution in [0.5, 0.6) is 0 Å². The Morgan fingerprint density at radius 1 is 0.481 bits per heavy atom. The fourth-order valence-electron chi connectivity index (χ4n) is 2.88. The Balaban J connectivity index is 0. The summed E-state index contributed by atoms with van der Waals surface area (Å²) in [5.41, 5.74) is 0. The standard InChI is InChI=1S/C20H42O.C5H12O/c1-4-5-6-7-8-9-10-11-12-13-14-15-16-17-18-20(21)19(2)3;1-4(2)5(3)6/h19-21H,4-18H2,1-3H3;4-6H,1-3H3/t20-;5-/m10/s1. The largest absolute Gasteiger partial charge is 0.393 e. The Bertz CT molecular complexity index is 255. The molecule has 0 aliphatic carbocycles. The van der Waals surface area contributed by atoms with E-state index in [1.807, 2.05) is 13.8 Å². The van der Waals surface area contributed by atoms with Crippen molar-refractivity contribution in [1.29, 1.82) is 0 Å². The molecule has 0 radical (unpaired) electrons. The van der Waals surface area contributed by atoms with E-state index in [-0.39, 0.29) is 12.2 Å². The second-order valence-corrected chi connectivity index (χ2v) is 9.18. The molecule has 2 N–H and O–H groups in total. The van der Waals surface area contributed by atoms with Crippen LogP contribution in [0.2, 0.25) is 0 Å². The van der Waals surface area contributed by atoms with Gasteiger partial charge in [-0.2, -0.15) is 0 Å². The Hall–Kier alpha value is -0.0800. The molecule has 0 aromatic heterocycles. The van der Waals surface area contributed by atoms with Crippen LogP contribution in [0, 0.1) is 11.8 Å². The number of aliphatic hydroxyl groups excluding tert-OH is 2. The van der Waals surface area contributed by atoms with Crippen LogP contribution in [-0.2, 0) is 0 Å². The summed E-state index contributed by atoms with van der Waals surface area (Å²) >= 11 is 0. The molecule has 0 rings (SSSR count). The first-order chi connectivity index (χ1) is 12.8. The maximum Gasteiger partial charge on any atom is 0.0563 e. The second-order valence-electron chi connectivity index (χ2n) is 9.18. The maximum atomic E-state index is 9.72. The molecular formula is C25H54O2. The molecule has 2 heteroatoms. The van der Waals surface area contributed by atoms with Gasteiger partial charge < -0.3 is 10.2 Å². The van der Waals surface area contributed by atoms with Gasteiger partial charge in [0.05, 0.1) is 12.2 Å². The number of hydrogen-bond donors (Lipinski definition) is 2. The van der Waals surface area contributed by atoms with Crippen molar-refractivity contribution in [3.8, 4) is 0 Å². The molecule has 0 aromatic rings. The van der Waals surface area contributed by atoms with Crippen LogP contribution in [0.1, 0.15) is 138 Å². The summed E-state index contributed by atoms with van der Waals surface area (Å²) in [6, 6.07) is 0. The molecule has 0 fully saturated rings. The van der Waals surface area contributed by atoms with Gasteiger partial charge in [-0.25, -0.2) is 0 Å². The lowest BCUT2D eigenvalue weighted by Crippen LogP contribution is -2.13. The average molecular weight is 387 g/mol. The first-order valence-corrected chi connectivity index (χ1v) is 12.2. The van der Waals surface area contributed by atoms with Gasteiger partial charge in [0.2, 0.25) is 0 Å². The van der Waals surface area contributed by atoms with E-state index in [0.29, 0.717) is 11.8 Å². The quantitative estimate of drug-likeness (QED) is 0.249. The van der Waals surface area contributed by atoms with Crippen molar-refractivity contribution in [2.75, 3.05) is 0 Å². The SMILES string of the molecule is CC(C)[C@H](C)O.CCCCCCCCCCCCCCCC[C@@H](O)C(C)C. The Morgan fingerprint density at radius 3 is 1.04 bits per heavy atom. The number of rotatable bonds is 17. The minimum absolute atomic E-state index is 0.0812. The summed E-state index contributed by atoms with van der Waals surface area (Å²) in [5, 5.41) is 18.3. The van der Waals surface area contributed by atoms with E-state index in [0.717, 1.165) is 6.42 Å². The van der Waals surface area contributed by atoms with Gasteiger partial charge in [0.15, 0.2) is 0 Å². The van der Waals surface area contributed by atoms with Crippen LogP contribution in [0.25, 0.3) is 0 Å². The van der Waals surface area contributed by atoms with E-state index in [1.54, 1.807) is 6.92 Å². The Labute approximate surface area is 172 Å². The van der Waals surface area contributed by atoms with E-state index in [1.165, 1.54) is 89.9 Å². The molecule has 166 valence electrons. The van der Waals surface area contributed by atoms with Gasteiger partial charge in [-0.3, -0.25) is 0 Å². The number of unbranched alkanes of at least 4 members (excludes halogenated alkanes) is 13. The monoisotopic (exact) mass is 386 g/mol. The molecular weight excluding hydrogens is 332 g/mol. The maximum absolute atomic E-state index is 9.72. The molecule has 0 amide bonds. The predicted octanol–water partition coefficient (Wildman–Crippen LogP) is 7.90. The molecule has 2 atom stereocenters. The molecule has 0 aliphatic rings. The molecule has 0 saturated heterocycles. The molecule has 2 nitrogen and oxygen atoms in total. The summed E-state index contributed by atoms with van der Waals surface area (Å²) in [4.78, 5) is 0. The molecule has 0 aliphatic heterocycles. The van der Waals surface area contributed by atoms with E-state index in [9.17, 15) is 5.11 Å². The summed E-state index contributed by atoms with van der Waals surface area (Å²) in [6.45, 7) is 12.3. The fourth-order valence-corrected chi connectivity index (χ4v) is 2.88. The molecule has 0 saturated carbocycles. The lowest BCUT2D eigenvalue weighted by atomic mass is 10.00.